The van der Waals surface area contributed by atoms with E-state index < -0.39 is 41.0 Å². The molecule has 0 radical (unpaired) electrons. The van der Waals surface area contributed by atoms with Crippen LogP contribution in [0.5, 0.6) is 5.75 Å². The molecule has 0 saturated carbocycles. The molecule has 0 fully saturated rings. The summed E-state index contributed by atoms with van der Waals surface area (Å²) in [5.41, 5.74) is -0.120. The van der Waals surface area contributed by atoms with E-state index in [1.807, 2.05) is 27.7 Å². The minimum atomic E-state index is -5.24. The van der Waals surface area contributed by atoms with Gasteiger partial charge in [0.1, 0.15) is 11.6 Å². The summed E-state index contributed by atoms with van der Waals surface area (Å²) in [6.45, 7) is 7.73. The van der Waals surface area contributed by atoms with Gasteiger partial charge in [-0.25, -0.2) is 14.0 Å². The predicted octanol–water partition coefficient (Wildman–Crippen LogP) is 5.88. The normalized spacial score (nSPS) is 15.1. The fourth-order valence-corrected chi connectivity index (χ4v) is 2.78. The first-order chi connectivity index (χ1) is 12.9. The molecule has 0 N–H and O–H groups in total. The Kier molecular flexibility index (Phi) is 7.60. The van der Waals surface area contributed by atoms with Gasteiger partial charge in [0.25, 0.3) is 0 Å². The molecule has 0 amide bonds. The molecule has 0 aromatic heterocycles. The molecule has 9 heteroatoms. The Balaban J connectivity index is 0.00000190. The molecule has 0 spiro atoms. The third kappa shape index (κ3) is 5.71. The Morgan fingerprint density at radius 1 is 1.14 bits per heavy atom. The van der Waals surface area contributed by atoms with E-state index in [1.54, 1.807) is 6.08 Å². The van der Waals surface area contributed by atoms with Gasteiger partial charge >= 0.3 is 18.5 Å². The van der Waals surface area contributed by atoms with Gasteiger partial charge in [0.2, 0.25) is 0 Å². The first kappa shape index (κ1) is 23.5. The number of ether oxygens (including phenoxy) is 3. The molecular weight excluding hydrogens is 384 g/mol. The van der Waals surface area contributed by atoms with Gasteiger partial charge in [-0.05, 0) is 29.9 Å². The number of halogens is 4. The highest BCUT2D eigenvalue weighted by molar-refractivity contribution is 5.92. The van der Waals surface area contributed by atoms with E-state index in [9.17, 15) is 27.2 Å². The molecule has 0 atom stereocenters. The summed E-state index contributed by atoms with van der Waals surface area (Å²) in [6.07, 6.45) is -4.12. The largest absolute Gasteiger partial charge is 0.577 e. The zero-order valence-corrected chi connectivity index (χ0v) is 16.2. The van der Waals surface area contributed by atoms with E-state index in [0.29, 0.717) is 18.1 Å². The summed E-state index contributed by atoms with van der Waals surface area (Å²) in [4.78, 5) is 23.1. The van der Waals surface area contributed by atoms with Crippen LogP contribution in [0.25, 0.3) is 5.57 Å². The highest BCUT2D eigenvalue weighted by atomic mass is 19.4. The van der Waals surface area contributed by atoms with E-state index in [4.69, 9.17) is 0 Å². The third-order valence-electron chi connectivity index (χ3n) is 4.00. The number of hydrogen-bond acceptors (Lipinski definition) is 5. The molecule has 1 aromatic carbocycles. The highest BCUT2D eigenvalue weighted by Crippen LogP contribution is 2.47. The summed E-state index contributed by atoms with van der Waals surface area (Å²) in [5, 5.41) is 0. The second kappa shape index (κ2) is 9.07. The zero-order chi connectivity index (χ0) is 21.7. The molecule has 28 heavy (non-hydrogen) atoms. The second-order valence-electron chi connectivity index (χ2n) is 6.26. The number of carbonyl (C=O) groups excluding carboxylic acids is 2. The molecule has 0 heterocycles. The number of benzene rings is 1. The van der Waals surface area contributed by atoms with Crippen LogP contribution < -0.4 is 4.74 Å². The zero-order valence-electron chi connectivity index (χ0n) is 16.2. The maximum atomic E-state index is 14.2. The number of rotatable bonds is 3. The molecule has 0 aliphatic heterocycles. The van der Waals surface area contributed by atoms with Crippen molar-refractivity contribution >= 4 is 17.7 Å². The Morgan fingerprint density at radius 3 is 2.21 bits per heavy atom. The smallest absolute Gasteiger partial charge is 0.465 e. The topological polar surface area (TPSA) is 61.8 Å². The third-order valence-corrected chi connectivity index (χ3v) is 4.00. The predicted molar refractivity (Wildman–Crippen MR) is 93.2 cm³/mol. The van der Waals surface area contributed by atoms with Gasteiger partial charge in [-0.1, -0.05) is 33.8 Å². The molecule has 1 aromatic rings. The van der Waals surface area contributed by atoms with Gasteiger partial charge in [-0.15, -0.1) is 13.2 Å². The van der Waals surface area contributed by atoms with Crippen molar-refractivity contribution < 1.29 is 41.4 Å². The summed E-state index contributed by atoms with van der Waals surface area (Å²) < 4.78 is 62.8. The first-order valence-corrected chi connectivity index (χ1v) is 8.55. The fourth-order valence-electron chi connectivity index (χ4n) is 2.78. The van der Waals surface area contributed by atoms with Crippen molar-refractivity contribution in [2.45, 2.75) is 46.9 Å². The van der Waals surface area contributed by atoms with Crippen LogP contribution in [0, 0.1) is 11.2 Å². The van der Waals surface area contributed by atoms with Crippen LogP contribution in [-0.4, -0.2) is 25.6 Å². The van der Waals surface area contributed by atoms with Crippen LogP contribution in [0.3, 0.4) is 0 Å². The first-order valence-electron chi connectivity index (χ1n) is 8.55. The van der Waals surface area contributed by atoms with Crippen LogP contribution >= 0.6 is 0 Å². The van der Waals surface area contributed by atoms with Crippen molar-refractivity contribution in [1.82, 2.24) is 0 Å². The number of hydrogen-bond donors (Lipinski definition) is 0. The quantitative estimate of drug-likeness (QED) is 0.357. The highest BCUT2D eigenvalue weighted by Gasteiger charge is 2.37. The fraction of sp³-hybridized carbons (Fsp3) is 0.474. The second-order valence-corrected chi connectivity index (χ2v) is 6.26. The van der Waals surface area contributed by atoms with Crippen molar-refractivity contribution in [3.63, 3.8) is 0 Å². The van der Waals surface area contributed by atoms with Crippen molar-refractivity contribution in [2.24, 2.45) is 5.41 Å². The minimum absolute atomic E-state index is 0.119. The monoisotopic (exact) mass is 406 g/mol. The molecule has 0 unspecified atom stereocenters. The molecule has 1 aliphatic carbocycles. The molecule has 2 rings (SSSR count). The number of esters is 1. The van der Waals surface area contributed by atoms with Gasteiger partial charge in [0.15, 0.2) is 0 Å². The van der Waals surface area contributed by atoms with Crippen LogP contribution in [0.4, 0.5) is 22.4 Å². The number of methoxy groups -OCH3 is 1. The van der Waals surface area contributed by atoms with E-state index >= 15 is 0 Å². The van der Waals surface area contributed by atoms with Crippen LogP contribution in [0.2, 0.25) is 0 Å². The Morgan fingerprint density at radius 2 is 1.75 bits per heavy atom. The number of allylic oxidation sites excluding steroid dienone is 2. The van der Waals surface area contributed by atoms with E-state index in [1.165, 1.54) is 0 Å². The van der Waals surface area contributed by atoms with Crippen LogP contribution in [0.15, 0.2) is 18.2 Å². The van der Waals surface area contributed by atoms with Gasteiger partial charge in [-0.2, -0.15) is 0 Å². The van der Waals surface area contributed by atoms with Crippen molar-refractivity contribution in [3.05, 3.63) is 35.2 Å². The molecule has 5 nitrogen and oxygen atoms in total. The van der Waals surface area contributed by atoms with Crippen molar-refractivity contribution in [3.8, 4) is 5.75 Å². The number of carbonyl (C=O) groups is 2. The van der Waals surface area contributed by atoms with Crippen LogP contribution in [0.1, 0.15) is 56.5 Å². The van der Waals surface area contributed by atoms with E-state index in [-0.39, 0.29) is 5.56 Å². The van der Waals surface area contributed by atoms with Gasteiger partial charge in [-0.3, -0.25) is 0 Å². The van der Waals surface area contributed by atoms with Crippen molar-refractivity contribution in [2.75, 3.05) is 7.11 Å². The lowest BCUT2D eigenvalue weighted by molar-refractivity contribution is -0.296. The SMILES string of the molecule is CC.COC(=O)c1cc(C2=CCCC2(C)C)c(OC(=O)OC(F)(F)F)cc1F. The molecule has 1 aliphatic rings. The lowest BCUT2D eigenvalue weighted by Crippen LogP contribution is -2.23. The molecule has 0 saturated heterocycles. The lowest BCUT2D eigenvalue weighted by atomic mass is 9.81. The average Bonchev–Trinajstić information content (AvgIpc) is 2.93. The summed E-state index contributed by atoms with van der Waals surface area (Å²) in [6, 6.07) is 1.75. The number of alkyl halides is 3. The average molecular weight is 406 g/mol. The standard InChI is InChI=1S/C17H16F4O5.C2H6/c1-16(2)6-4-5-11(16)9-7-10(14(22)24-3)12(18)8-13(9)25-15(23)26-17(19,20)21;1-2/h5,7-8H,4,6H2,1-3H3;1-2H3. The van der Waals surface area contributed by atoms with Gasteiger partial charge in [0, 0.05) is 11.6 Å². The van der Waals surface area contributed by atoms with Gasteiger partial charge in [0.05, 0.1) is 12.7 Å². The lowest BCUT2D eigenvalue weighted by Gasteiger charge is -2.24. The van der Waals surface area contributed by atoms with E-state index in [2.05, 4.69) is 14.2 Å². The maximum absolute atomic E-state index is 14.2. The minimum Gasteiger partial charge on any atom is -0.465 e. The molecular formula is C19H22F4O5. The summed E-state index contributed by atoms with van der Waals surface area (Å²) >= 11 is 0. The molecule has 0 bridgehead atoms. The molecule has 156 valence electrons. The van der Waals surface area contributed by atoms with Crippen molar-refractivity contribution in [1.29, 1.82) is 0 Å². The Bertz CT molecular complexity index is 766. The Labute approximate surface area is 160 Å². The summed E-state index contributed by atoms with van der Waals surface area (Å²) in [5.74, 6) is -2.55. The van der Waals surface area contributed by atoms with E-state index in [0.717, 1.165) is 19.6 Å². The van der Waals surface area contributed by atoms with Crippen LogP contribution in [-0.2, 0) is 9.47 Å². The Hall–Kier alpha value is -2.58. The summed E-state index contributed by atoms with van der Waals surface area (Å²) in [7, 11) is 1.06. The maximum Gasteiger partial charge on any atom is 0.577 e. The van der Waals surface area contributed by atoms with Gasteiger partial charge < -0.3 is 14.2 Å².